The summed E-state index contributed by atoms with van der Waals surface area (Å²) in [5.41, 5.74) is 3.29. The van der Waals surface area contributed by atoms with Crippen molar-refractivity contribution in [3.63, 3.8) is 0 Å². The number of pyridine rings is 1. The normalized spacial score (nSPS) is 17.2. The van der Waals surface area contributed by atoms with Crippen LogP contribution < -0.4 is 10.7 Å². The maximum Gasteiger partial charge on any atom is 0.227 e. The Labute approximate surface area is 249 Å². The third-order valence-corrected chi connectivity index (χ3v) is 8.05. The van der Waals surface area contributed by atoms with Gasteiger partial charge in [0.15, 0.2) is 16.4 Å². The molecule has 0 fully saturated rings. The minimum Gasteiger partial charge on any atom is -0.464 e. The van der Waals surface area contributed by atoms with Gasteiger partial charge >= 0.3 is 0 Å². The molecule has 214 valence electrons. The fourth-order valence-corrected chi connectivity index (χ4v) is 5.67. The van der Waals surface area contributed by atoms with Gasteiger partial charge in [-0.05, 0) is 43.2 Å². The molecule has 12 heteroatoms. The lowest BCUT2D eigenvalue weighted by atomic mass is 9.88. The van der Waals surface area contributed by atoms with Crippen molar-refractivity contribution in [1.82, 2.24) is 24.5 Å². The van der Waals surface area contributed by atoms with Crippen molar-refractivity contribution < 1.29 is 13.6 Å². The van der Waals surface area contributed by atoms with E-state index in [0.717, 1.165) is 11.3 Å². The predicted molar refractivity (Wildman–Crippen MR) is 157 cm³/mol. The lowest BCUT2D eigenvalue weighted by Crippen LogP contribution is -2.22. The average Bonchev–Trinajstić information content (AvgIpc) is 3.57. The van der Waals surface area contributed by atoms with E-state index in [1.54, 1.807) is 6.20 Å². The molecule has 6 rings (SSSR count). The lowest BCUT2D eigenvalue weighted by molar-refractivity contribution is -0.119. The van der Waals surface area contributed by atoms with Crippen LogP contribution in [-0.4, -0.2) is 30.5 Å². The molecule has 2 atom stereocenters. The quantitative estimate of drug-likeness (QED) is 0.247. The third kappa shape index (κ3) is 5.12. The molecule has 1 amide bonds. The Balaban J connectivity index is 1.46. The highest BCUT2D eigenvalue weighted by atomic mass is 35.5. The number of hydrogen-bond acceptors (Lipinski definition) is 6. The first-order chi connectivity index (χ1) is 20.2. The fourth-order valence-electron chi connectivity index (χ4n) is 5.39. The van der Waals surface area contributed by atoms with E-state index in [4.69, 9.17) is 27.6 Å². The van der Waals surface area contributed by atoms with Crippen LogP contribution in [0.4, 0.5) is 10.1 Å². The first-order valence-corrected chi connectivity index (χ1v) is 14.1. The van der Waals surface area contributed by atoms with E-state index in [0.29, 0.717) is 36.2 Å². The number of rotatable bonds is 3. The molecule has 0 spiro atoms. The van der Waals surface area contributed by atoms with Crippen LogP contribution in [0.5, 0.6) is 0 Å². The van der Waals surface area contributed by atoms with Gasteiger partial charge in [-0.3, -0.25) is 14.6 Å². The Morgan fingerprint density at radius 2 is 1.95 bits per heavy atom. The van der Waals surface area contributed by atoms with Gasteiger partial charge < -0.3 is 14.3 Å². The molecule has 2 bridgehead atoms. The van der Waals surface area contributed by atoms with Crippen LogP contribution in [0.3, 0.4) is 0 Å². The van der Waals surface area contributed by atoms with E-state index < -0.39 is 11.7 Å². The van der Waals surface area contributed by atoms with Gasteiger partial charge in [0.1, 0.15) is 5.76 Å². The zero-order chi connectivity index (χ0) is 29.5. The van der Waals surface area contributed by atoms with E-state index >= 15 is 4.39 Å². The molecule has 0 saturated carbocycles. The SMILES string of the molecule is C[C@@H]1CCCC(c2coc(-c3c(-n4cc(Cl)nn4)ccc(Cl)c3F)cc2=O)c2cc(ccn2)-c2c(ccn2C)NC1=O. The van der Waals surface area contributed by atoms with Crippen LogP contribution in [0.1, 0.15) is 43.4 Å². The maximum absolute atomic E-state index is 15.4. The highest BCUT2D eigenvalue weighted by molar-refractivity contribution is 6.31. The number of amides is 1. The molecular weight excluding hydrogens is 582 g/mol. The molecule has 9 nitrogen and oxygen atoms in total. The maximum atomic E-state index is 15.4. The van der Waals surface area contributed by atoms with Crippen molar-refractivity contribution in [2.75, 3.05) is 5.32 Å². The van der Waals surface area contributed by atoms with E-state index in [9.17, 15) is 9.59 Å². The largest absolute Gasteiger partial charge is 0.464 e. The van der Waals surface area contributed by atoms with E-state index in [1.807, 2.05) is 42.9 Å². The highest BCUT2D eigenvalue weighted by Gasteiger charge is 2.26. The Morgan fingerprint density at radius 3 is 2.71 bits per heavy atom. The molecule has 5 aromatic rings. The fraction of sp³-hybridized carbons (Fsp3) is 0.233. The van der Waals surface area contributed by atoms with Crippen molar-refractivity contribution in [2.45, 2.75) is 32.1 Å². The molecular formula is C30H25Cl2FN6O3. The number of benzene rings is 1. The summed E-state index contributed by atoms with van der Waals surface area (Å²) in [5, 5.41) is 10.7. The molecule has 0 saturated heterocycles. The van der Waals surface area contributed by atoms with Crippen LogP contribution in [0.2, 0.25) is 10.2 Å². The number of hydrogen-bond donors (Lipinski definition) is 1. The van der Waals surface area contributed by atoms with Crippen molar-refractivity contribution >= 4 is 34.8 Å². The number of carbonyl (C=O) groups excluding carboxylic acids is 1. The average molecular weight is 607 g/mol. The van der Waals surface area contributed by atoms with Gasteiger partial charge in [0.25, 0.3) is 0 Å². The summed E-state index contributed by atoms with van der Waals surface area (Å²) in [6.45, 7) is 1.89. The number of anilines is 1. The molecule has 1 aliphatic heterocycles. The van der Waals surface area contributed by atoms with E-state index in [1.165, 1.54) is 35.3 Å². The first-order valence-electron chi connectivity index (χ1n) is 13.3. The second-order valence-electron chi connectivity index (χ2n) is 10.3. The van der Waals surface area contributed by atoms with Crippen LogP contribution in [-0.2, 0) is 11.8 Å². The van der Waals surface area contributed by atoms with E-state index in [2.05, 4.69) is 20.6 Å². The van der Waals surface area contributed by atoms with E-state index in [-0.39, 0.29) is 44.4 Å². The lowest BCUT2D eigenvalue weighted by Gasteiger charge is -2.20. The highest BCUT2D eigenvalue weighted by Crippen LogP contribution is 2.37. The monoisotopic (exact) mass is 606 g/mol. The van der Waals surface area contributed by atoms with Crippen molar-refractivity contribution in [2.24, 2.45) is 13.0 Å². The number of fused-ring (bicyclic) bond motifs is 4. The zero-order valence-electron chi connectivity index (χ0n) is 22.6. The Morgan fingerprint density at radius 1 is 1.12 bits per heavy atom. The van der Waals surface area contributed by atoms with Crippen molar-refractivity contribution in [3.05, 3.63) is 98.7 Å². The first kappa shape index (κ1) is 27.9. The molecule has 0 radical (unpaired) electrons. The van der Waals surface area contributed by atoms with Crippen LogP contribution in [0, 0.1) is 11.7 Å². The van der Waals surface area contributed by atoms with Gasteiger partial charge in [-0.1, -0.05) is 41.8 Å². The summed E-state index contributed by atoms with van der Waals surface area (Å²) in [6, 6.07) is 9.83. The smallest absolute Gasteiger partial charge is 0.227 e. The standard InChI is InChI=1S/C30H25Cl2FN6O3/c1-16-4-3-5-18(22-12-17(8-10-34-22)29-21(35-30(16)41)9-11-38(29)2)19-15-42-25(13-24(19)40)27-23(7-6-20(31)28(27)33)39-14-26(32)36-37-39/h6-16,18H,3-5H2,1-2H3,(H,35,41)/t16-,18?/m1/s1. The second-order valence-corrected chi connectivity index (χ2v) is 11.1. The third-order valence-electron chi connectivity index (χ3n) is 7.59. The topological polar surface area (TPSA) is 108 Å². The number of halogens is 3. The molecule has 5 heterocycles. The summed E-state index contributed by atoms with van der Waals surface area (Å²) in [4.78, 5) is 31.3. The Hall–Kier alpha value is -4.28. The molecule has 1 unspecified atom stereocenters. The molecule has 1 N–H and O–H groups in total. The summed E-state index contributed by atoms with van der Waals surface area (Å²) < 4.78 is 24.5. The Kier molecular flexibility index (Phi) is 7.42. The predicted octanol–water partition coefficient (Wildman–Crippen LogP) is 6.62. The number of nitrogens with one attached hydrogen (secondary N) is 1. The van der Waals surface area contributed by atoms with Crippen LogP contribution >= 0.6 is 23.2 Å². The minimum absolute atomic E-state index is 0.0287. The molecule has 1 aromatic carbocycles. The zero-order valence-corrected chi connectivity index (χ0v) is 24.2. The van der Waals surface area contributed by atoms with Crippen molar-refractivity contribution in [3.8, 4) is 28.3 Å². The number of carbonyl (C=O) groups is 1. The van der Waals surface area contributed by atoms with Gasteiger partial charge in [-0.15, -0.1) is 5.10 Å². The van der Waals surface area contributed by atoms with Gasteiger partial charge in [0.2, 0.25) is 5.91 Å². The summed E-state index contributed by atoms with van der Waals surface area (Å²) >= 11 is 12.0. The molecule has 1 aliphatic rings. The Bertz CT molecular complexity index is 1880. The number of aryl methyl sites for hydroxylation is 1. The van der Waals surface area contributed by atoms with Gasteiger partial charge in [0.05, 0.1) is 40.1 Å². The summed E-state index contributed by atoms with van der Waals surface area (Å²) in [7, 11) is 1.90. The van der Waals surface area contributed by atoms with Gasteiger partial charge in [-0.2, -0.15) is 0 Å². The summed E-state index contributed by atoms with van der Waals surface area (Å²) in [6.07, 6.45) is 8.16. The molecule has 0 aliphatic carbocycles. The van der Waals surface area contributed by atoms with Crippen LogP contribution in [0.25, 0.3) is 28.3 Å². The number of aromatic nitrogens is 5. The molecule has 42 heavy (non-hydrogen) atoms. The number of nitrogens with zero attached hydrogens (tertiary/aromatic N) is 5. The summed E-state index contributed by atoms with van der Waals surface area (Å²) in [5.74, 6) is -1.53. The molecule has 4 aromatic heterocycles. The van der Waals surface area contributed by atoms with Crippen molar-refractivity contribution in [1.29, 1.82) is 0 Å². The van der Waals surface area contributed by atoms with Gasteiger partial charge in [-0.25, -0.2) is 9.07 Å². The van der Waals surface area contributed by atoms with Crippen LogP contribution in [0.15, 0.2) is 70.5 Å². The minimum atomic E-state index is -0.775. The second kappa shape index (κ2) is 11.2. The van der Waals surface area contributed by atoms with Gasteiger partial charge in [0, 0.05) is 54.2 Å².